The summed E-state index contributed by atoms with van der Waals surface area (Å²) in [6.45, 7) is 2.28. The van der Waals surface area contributed by atoms with Gasteiger partial charge in [-0.05, 0) is 34.5 Å². The van der Waals surface area contributed by atoms with Gasteiger partial charge in [-0.15, -0.1) is 0 Å². The number of hydrogen-bond donors (Lipinski definition) is 0. The third-order valence-electron chi connectivity index (χ3n) is 1.48. The van der Waals surface area contributed by atoms with Crippen LogP contribution in [0.1, 0.15) is 5.56 Å². The minimum Gasteiger partial charge on any atom is -0.466 e. The van der Waals surface area contributed by atoms with Crippen molar-refractivity contribution in [2.24, 2.45) is 0 Å². The van der Waals surface area contributed by atoms with E-state index < -0.39 is 0 Å². The highest BCUT2D eigenvalue weighted by Crippen LogP contribution is 2.28. The molecule has 0 heterocycles. The smallest absolute Gasteiger partial charge is 0.188 e. The number of ether oxygens (including phenoxy) is 2. The second kappa shape index (κ2) is 4.48. The van der Waals surface area contributed by atoms with Crippen LogP contribution in [0.3, 0.4) is 0 Å². The van der Waals surface area contributed by atoms with E-state index in [0.29, 0.717) is 0 Å². The first-order valence-electron chi connectivity index (χ1n) is 3.62. The first kappa shape index (κ1) is 9.55. The second-order valence-corrected chi connectivity index (χ2v) is 3.29. The molecule has 0 atom stereocenters. The monoisotopic (exact) mass is 230 g/mol. The first-order valence-corrected chi connectivity index (χ1v) is 4.42. The molecule has 12 heavy (non-hydrogen) atoms. The Morgan fingerprint density at radius 3 is 2.75 bits per heavy atom. The lowest BCUT2D eigenvalue weighted by Gasteiger charge is -2.09. The fourth-order valence-electron chi connectivity index (χ4n) is 0.917. The van der Waals surface area contributed by atoms with E-state index in [9.17, 15) is 0 Å². The van der Waals surface area contributed by atoms with Crippen LogP contribution in [-0.2, 0) is 4.74 Å². The van der Waals surface area contributed by atoms with E-state index >= 15 is 0 Å². The van der Waals surface area contributed by atoms with Gasteiger partial charge in [0.1, 0.15) is 5.75 Å². The van der Waals surface area contributed by atoms with Gasteiger partial charge in [0.25, 0.3) is 0 Å². The fraction of sp³-hybridized carbons (Fsp3) is 0.333. The van der Waals surface area contributed by atoms with E-state index in [-0.39, 0.29) is 6.79 Å². The second-order valence-electron chi connectivity index (χ2n) is 2.44. The van der Waals surface area contributed by atoms with Crippen molar-refractivity contribution in [1.82, 2.24) is 0 Å². The van der Waals surface area contributed by atoms with Crippen LogP contribution >= 0.6 is 15.9 Å². The van der Waals surface area contributed by atoms with Crippen molar-refractivity contribution >= 4 is 15.9 Å². The molecule has 0 aromatic heterocycles. The van der Waals surface area contributed by atoms with E-state index in [1.165, 1.54) is 0 Å². The molecule has 0 spiro atoms. The maximum Gasteiger partial charge on any atom is 0.188 e. The topological polar surface area (TPSA) is 18.5 Å². The van der Waals surface area contributed by atoms with Crippen LogP contribution in [0, 0.1) is 6.92 Å². The van der Waals surface area contributed by atoms with Gasteiger partial charge in [0.05, 0.1) is 4.47 Å². The van der Waals surface area contributed by atoms with Gasteiger partial charge in [-0.1, -0.05) is 12.1 Å². The number of hydrogen-bond acceptors (Lipinski definition) is 2. The van der Waals surface area contributed by atoms with Crippen molar-refractivity contribution in [2.45, 2.75) is 6.92 Å². The highest BCUT2D eigenvalue weighted by Gasteiger charge is 2.02. The molecule has 2 nitrogen and oxygen atoms in total. The Bertz CT molecular complexity index is 240. The summed E-state index contributed by atoms with van der Waals surface area (Å²) in [7, 11) is 1.60. The van der Waals surface area contributed by atoms with E-state index in [4.69, 9.17) is 9.47 Å². The Labute approximate surface area is 80.6 Å². The van der Waals surface area contributed by atoms with Crippen LogP contribution in [0.2, 0.25) is 0 Å². The summed E-state index contributed by atoms with van der Waals surface area (Å²) < 4.78 is 11.1. The fourth-order valence-corrected chi connectivity index (χ4v) is 1.50. The number of benzene rings is 1. The van der Waals surface area contributed by atoms with Crippen molar-refractivity contribution < 1.29 is 9.47 Å². The summed E-state index contributed by atoms with van der Waals surface area (Å²) in [6, 6.07) is 5.91. The third kappa shape index (κ3) is 2.22. The van der Waals surface area contributed by atoms with Crippen LogP contribution < -0.4 is 4.74 Å². The molecule has 0 radical (unpaired) electrons. The van der Waals surface area contributed by atoms with Crippen molar-refractivity contribution in [3.63, 3.8) is 0 Å². The van der Waals surface area contributed by atoms with Crippen molar-refractivity contribution in [2.75, 3.05) is 13.9 Å². The summed E-state index contributed by atoms with van der Waals surface area (Å²) in [6.07, 6.45) is 0. The zero-order valence-electron chi connectivity index (χ0n) is 7.13. The van der Waals surface area contributed by atoms with E-state index in [2.05, 4.69) is 15.9 Å². The predicted octanol–water partition coefficient (Wildman–Crippen LogP) is 2.74. The lowest BCUT2D eigenvalue weighted by atomic mass is 10.2. The average molecular weight is 231 g/mol. The van der Waals surface area contributed by atoms with Gasteiger partial charge in [0.2, 0.25) is 0 Å². The molecular weight excluding hydrogens is 220 g/mol. The Morgan fingerprint density at radius 2 is 2.17 bits per heavy atom. The molecule has 0 saturated carbocycles. The molecule has 1 aromatic carbocycles. The molecule has 0 N–H and O–H groups in total. The molecule has 0 aliphatic carbocycles. The Balaban J connectivity index is 2.81. The van der Waals surface area contributed by atoms with Gasteiger partial charge in [0, 0.05) is 7.11 Å². The Hall–Kier alpha value is -0.540. The molecule has 0 bridgehead atoms. The standard InChI is InChI=1S/C9H11BrO2/c1-7-4-3-5-8(10)9(7)12-6-11-2/h3-5H,6H2,1-2H3. The minimum absolute atomic E-state index is 0.281. The molecule has 66 valence electrons. The summed E-state index contributed by atoms with van der Waals surface area (Å²) >= 11 is 3.40. The number of rotatable bonds is 3. The molecule has 1 aromatic rings. The highest BCUT2D eigenvalue weighted by molar-refractivity contribution is 9.10. The van der Waals surface area contributed by atoms with Crippen molar-refractivity contribution in [1.29, 1.82) is 0 Å². The maximum atomic E-state index is 5.35. The van der Waals surface area contributed by atoms with E-state index in [1.54, 1.807) is 7.11 Å². The molecule has 0 saturated heterocycles. The number of methoxy groups -OCH3 is 1. The lowest BCUT2D eigenvalue weighted by molar-refractivity contribution is 0.0501. The zero-order valence-corrected chi connectivity index (χ0v) is 8.72. The van der Waals surface area contributed by atoms with Gasteiger partial charge in [-0.3, -0.25) is 0 Å². The third-order valence-corrected chi connectivity index (χ3v) is 2.11. The summed E-state index contributed by atoms with van der Waals surface area (Å²) in [5.41, 5.74) is 1.10. The number of aryl methyl sites for hydroxylation is 1. The molecular formula is C9H11BrO2. The first-order chi connectivity index (χ1) is 5.75. The summed E-state index contributed by atoms with van der Waals surface area (Å²) in [5, 5.41) is 0. The van der Waals surface area contributed by atoms with Crippen LogP contribution in [0.25, 0.3) is 0 Å². The molecule has 0 amide bonds. The van der Waals surface area contributed by atoms with Crippen LogP contribution in [0.5, 0.6) is 5.75 Å². The van der Waals surface area contributed by atoms with Gasteiger partial charge < -0.3 is 9.47 Å². The molecule has 1 rings (SSSR count). The normalized spacial score (nSPS) is 9.92. The average Bonchev–Trinajstić information content (AvgIpc) is 2.04. The van der Waals surface area contributed by atoms with Crippen LogP contribution in [0.15, 0.2) is 22.7 Å². The molecule has 0 unspecified atom stereocenters. The highest BCUT2D eigenvalue weighted by atomic mass is 79.9. The van der Waals surface area contributed by atoms with E-state index in [0.717, 1.165) is 15.8 Å². The quantitative estimate of drug-likeness (QED) is 0.744. The molecule has 0 fully saturated rings. The number of para-hydroxylation sites is 1. The molecule has 3 heteroatoms. The van der Waals surface area contributed by atoms with Crippen molar-refractivity contribution in [3.05, 3.63) is 28.2 Å². The van der Waals surface area contributed by atoms with Gasteiger partial charge in [0.15, 0.2) is 6.79 Å². The SMILES string of the molecule is COCOc1c(C)cccc1Br. The largest absolute Gasteiger partial charge is 0.466 e. The maximum absolute atomic E-state index is 5.35. The minimum atomic E-state index is 0.281. The van der Waals surface area contributed by atoms with Gasteiger partial charge in [-0.25, -0.2) is 0 Å². The molecule has 0 aliphatic heterocycles. The summed E-state index contributed by atoms with van der Waals surface area (Å²) in [5.74, 6) is 0.847. The van der Waals surface area contributed by atoms with Crippen LogP contribution in [-0.4, -0.2) is 13.9 Å². The molecule has 0 aliphatic rings. The number of halogens is 1. The van der Waals surface area contributed by atoms with Gasteiger partial charge in [-0.2, -0.15) is 0 Å². The lowest BCUT2D eigenvalue weighted by Crippen LogP contribution is -2.00. The van der Waals surface area contributed by atoms with Crippen LogP contribution in [0.4, 0.5) is 0 Å². The van der Waals surface area contributed by atoms with Crippen molar-refractivity contribution in [3.8, 4) is 5.75 Å². The van der Waals surface area contributed by atoms with Gasteiger partial charge >= 0.3 is 0 Å². The predicted molar refractivity (Wildman–Crippen MR) is 51.4 cm³/mol. The zero-order chi connectivity index (χ0) is 8.97. The van der Waals surface area contributed by atoms with E-state index in [1.807, 2.05) is 25.1 Å². The summed E-state index contributed by atoms with van der Waals surface area (Å²) in [4.78, 5) is 0. The Kier molecular flexibility index (Phi) is 3.56. The Morgan fingerprint density at radius 1 is 1.42 bits per heavy atom.